The van der Waals surface area contributed by atoms with Gasteiger partial charge in [-0.3, -0.25) is 24.1 Å². The SMILES string of the molecule is CCOC(=O)C1CC2CC(=O)CC(C1)N2Cc1ccccc1.CCOC(=O)C1CCC2CC(=O)CC(C1)N2.CO. The quantitative estimate of drug-likeness (QED) is 0.507. The molecule has 9 nitrogen and oxygen atoms in total. The van der Waals surface area contributed by atoms with Gasteiger partial charge in [-0.25, -0.2) is 0 Å². The molecule has 5 rings (SSSR count). The van der Waals surface area contributed by atoms with Crippen molar-refractivity contribution in [2.75, 3.05) is 20.3 Å². The molecule has 1 aromatic rings. The van der Waals surface area contributed by atoms with Crippen LogP contribution < -0.4 is 5.32 Å². The van der Waals surface area contributed by atoms with E-state index in [9.17, 15) is 19.2 Å². The van der Waals surface area contributed by atoms with E-state index < -0.39 is 0 Å². The van der Waals surface area contributed by atoms with E-state index in [-0.39, 0.29) is 47.9 Å². The average Bonchev–Trinajstić information content (AvgIpc) is 3.09. The lowest BCUT2D eigenvalue weighted by Gasteiger charge is -2.47. The zero-order chi connectivity index (χ0) is 29.1. The molecule has 4 aliphatic rings. The number of esters is 2. The second-order valence-corrected chi connectivity index (χ2v) is 11.1. The monoisotopic (exact) mass is 558 g/mol. The maximum Gasteiger partial charge on any atom is 0.309 e. The van der Waals surface area contributed by atoms with Gasteiger partial charge in [-0.15, -0.1) is 0 Å². The first-order valence-electron chi connectivity index (χ1n) is 14.7. The standard InChI is InChI=1S/C18H23NO3.C12H19NO3.CH4O/c1-2-22-18(21)14-8-15-10-17(20)11-16(9-14)19(15)12-13-6-4-3-5-7-13;1-2-16-12(15)8-3-4-9-6-11(14)7-10(5-8)13-9;1-2/h3-7,14-16H,2,8-12H2,1H3;8-10,13H,2-7H2,1H3;2H,1H3. The van der Waals surface area contributed by atoms with Gasteiger partial charge in [0.25, 0.3) is 0 Å². The zero-order valence-corrected chi connectivity index (χ0v) is 24.2. The third-order valence-electron chi connectivity index (χ3n) is 8.28. The number of piperidine rings is 3. The van der Waals surface area contributed by atoms with E-state index in [0.29, 0.717) is 50.5 Å². The number of carbonyl (C=O) groups is 4. The average molecular weight is 559 g/mol. The first-order valence-corrected chi connectivity index (χ1v) is 14.7. The molecule has 0 aromatic heterocycles. The van der Waals surface area contributed by atoms with Gasteiger partial charge in [-0.05, 0) is 51.5 Å². The number of hydrogen-bond acceptors (Lipinski definition) is 9. The molecule has 0 spiro atoms. The lowest BCUT2D eigenvalue weighted by Crippen LogP contribution is -2.55. The molecule has 4 fully saturated rings. The summed E-state index contributed by atoms with van der Waals surface area (Å²) in [5.74, 6) is 0.416. The van der Waals surface area contributed by atoms with E-state index in [1.54, 1.807) is 0 Å². The first kappa shape index (κ1) is 31.9. The van der Waals surface area contributed by atoms with E-state index in [1.807, 2.05) is 32.0 Å². The lowest BCUT2D eigenvalue weighted by atomic mass is 9.77. The maximum absolute atomic E-state index is 12.1. The summed E-state index contributed by atoms with van der Waals surface area (Å²) in [6, 6.07) is 11.2. The number of hydrogen-bond donors (Lipinski definition) is 2. The third kappa shape index (κ3) is 8.94. The molecule has 5 atom stereocenters. The van der Waals surface area contributed by atoms with Crippen LogP contribution in [0, 0.1) is 11.8 Å². The van der Waals surface area contributed by atoms with Crippen LogP contribution in [0.5, 0.6) is 0 Å². The highest BCUT2D eigenvalue weighted by atomic mass is 16.5. The summed E-state index contributed by atoms with van der Waals surface area (Å²) in [5, 5.41) is 10.4. The topological polar surface area (TPSA) is 122 Å². The van der Waals surface area contributed by atoms with Gasteiger partial charge in [0.1, 0.15) is 11.6 Å². The minimum atomic E-state index is -0.0932. The van der Waals surface area contributed by atoms with Crippen molar-refractivity contribution in [3.05, 3.63) is 35.9 Å². The molecule has 0 radical (unpaired) electrons. The molecule has 4 bridgehead atoms. The van der Waals surface area contributed by atoms with Crippen LogP contribution in [0.4, 0.5) is 0 Å². The Kier molecular flexibility index (Phi) is 12.7. The molecule has 222 valence electrons. The number of benzene rings is 1. The minimum Gasteiger partial charge on any atom is -0.466 e. The predicted octanol–water partition coefficient (Wildman–Crippen LogP) is 3.21. The number of ether oxygens (including phenoxy) is 2. The largest absolute Gasteiger partial charge is 0.466 e. The van der Waals surface area contributed by atoms with E-state index >= 15 is 0 Å². The Balaban J connectivity index is 0.000000217. The molecular weight excluding hydrogens is 512 g/mol. The summed E-state index contributed by atoms with van der Waals surface area (Å²) < 4.78 is 10.2. The molecular formula is C31H46N2O7. The Morgan fingerprint density at radius 1 is 0.800 bits per heavy atom. The second-order valence-electron chi connectivity index (χ2n) is 11.1. The van der Waals surface area contributed by atoms with Crippen LogP contribution in [-0.4, -0.2) is 78.0 Å². The summed E-state index contributed by atoms with van der Waals surface area (Å²) in [7, 11) is 1.00. The summed E-state index contributed by atoms with van der Waals surface area (Å²) in [4.78, 5) is 49.6. The number of nitrogens with zero attached hydrogens (tertiary/aromatic N) is 1. The zero-order valence-electron chi connectivity index (χ0n) is 24.2. The van der Waals surface area contributed by atoms with Crippen LogP contribution in [0.25, 0.3) is 0 Å². The molecule has 1 aromatic carbocycles. The molecule has 9 heteroatoms. The molecule has 5 unspecified atom stereocenters. The van der Waals surface area contributed by atoms with Crippen molar-refractivity contribution >= 4 is 23.5 Å². The number of nitrogens with one attached hydrogen (secondary N) is 1. The fourth-order valence-corrected chi connectivity index (χ4v) is 6.60. The van der Waals surface area contributed by atoms with Gasteiger partial charge in [0.15, 0.2) is 0 Å². The van der Waals surface area contributed by atoms with Crippen molar-refractivity contribution in [1.29, 1.82) is 0 Å². The molecule has 0 aliphatic carbocycles. The van der Waals surface area contributed by atoms with Gasteiger partial charge in [0.05, 0.1) is 25.0 Å². The third-order valence-corrected chi connectivity index (χ3v) is 8.28. The van der Waals surface area contributed by atoms with Crippen LogP contribution in [0.15, 0.2) is 30.3 Å². The van der Waals surface area contributed by atoms with Crippen LogP contribution >= 0.6 is 0 Å². The van der Waals surface area contributed by atoms with Crippen molar-refractivity contribution in [2.45, 2.75) is 102 Å². The Labute approximate surface area is 238 Å². The first-order chi connectivity index (χ1) is 19.4. The minimum absolute atomic E-state index is 0.0200. The predicted molar refractivity (Wildman–Crippen MR) is 150 cm³/mol. The number of fused-ring (bicyclic) bond motifs is 4. The molecule has 4 aliphatic heterocycles. The van der Waals surface area contributed by atoms with Gasteiger partial charge >= 0.3 is 11.9 Å². The van der Waals surface area contributed by atoms with Crippen LogP contribution in [-0.2, 0) is 35.2 Å². The fraction of sp³-hybridized carbons (Fsp3) is 0.677. The van der Waals surface area contributed by atoms with Gasteiger partial charge in [-0.1, -0.05) is 30.3 Å². The lowest BCUT2D eigenvalue weighted by molar-refractivity contribution is -0.154. The van der Waals surface area contributed by atoms with Crippen molar-refractivity contribution in [3.8, 4) is 0 Å². The number of aliphatic hydroxyl groups excluding tert-OH is 1. The highest BCUT2D eigenvalue weighted by Gasteiger charge is 2.43. The molecule has 4 heterocycles. The number of rotatable bonds is 6. The number of aliphatic hydroxyl groups is 1. The Hall–Kier alpha value is -2.62. The second kappa shape index (κ2) is 16.0. The van der Waals surface area contributed by atoms with Crippen LogP contribution in [0.3, 0.4) is 0 Å². The highest BCUT2D eigenvalue weighted by molar-refractivity contribution is 5.82. The summed E-state index contributed by atoms with van der Waals surface area (Å²) in [6.07, 6.45) is 6.34. The smallest absolute Gasteiger partial charge is 0.309 e. The Morgan fingerprint density at radius 3 is 1.95 bits per heavy atom. The van der Waals surface area contributed by atoms with Crippen molar-refractivity contribution in [2.24, 2.45) is 11.8 Å². The summed E-state index contributed by atoms with van der Waals surface area (Å²) >= 11 is 0. The molecule has 0 amide bonds. The molecule has 0 saturated carbocycles. The number of ketones is 2. The summed E-state index contributed by atoms with van der Waals surface area (Å²) in [6.45, 7) is 5.40. The fourth-order valence-electron chi connectivity index (χ4n) is 6.60. The van der Waals surface area contributed by atoms with Gasteiger partial charge in [-0.2, -0.15) is 0 Å². The Morgan fingerprint density at radius 2 is 1.35 bits per heavy atom. The maximum atomic E-state index is 12.1. The molecule has 4 saturated heterocycles. The van der Waals surface area contributed by atoms with Gasteiger partial charge < -0.3 is 19.9 Å². The van der Waals surface area contributed by atoms with Crippen LogP contribution in [0.1, 0.15) is 77.2 Å². The van der Waals surface area contributed by atoms with Crippen LogP contribution in [0.2, 0.25) is 0 Å². The normalized spacial score (nSPS) is 29.5. The van der Waals surface area contributed by atoms with E-state index in [2.05, 4.69) is 22.3 Å². The van der Waals surface area contributed by atoms with Gasteiger partial charge in [0, 0.05) is 63.5 Å². The summed E-state index contributed by atoms with van der Waals surface area (Å²) in [5.41, 5.74) is 1.27. The van der Waals surface area contributed by atoms with Crippen molar-refractivity contribution < 1.29 is 33.8 Å². The highest BCUT2D eigenvalue weighted by Crippen LogP contribution is 2.37. The van der Waals surface area contributed by atoms with Gasteiger partial charge in [0.2, 0.25) is 0 Å². The number of Topliss-reactive ketones (excluding diaryl/α,β-unsaturated/α-hetero) is 2. The van der Waals surface area contributed by atoms with E-state index in [0.717, 1.165) is 45.8 Å². The van der Waals surface area contributed by atoms with Crippen molar-refractivity contribution in [1.82, 2.24) is 10.2 Å². The van der Waals surface area contributed by atoms with Crippen molar-refractivity contribution in [3.63, 3.8) is 0 Å². The van der Waals surface area contributed by atoms with E-state index in [4.69, 9.17) is 14.6 Å². The molecule has 40 heavy (non-hydrogen) atoms. The van der Waals surface area contributed by atoms with E-state index in [1.165, 1.54) is 5.56 Å². The number of carbonyl (C=O) groups excluding carboxylic acids is 4. The Bertz CT molecular complexity index is 967. The molecule has 2 N–H and O–H groups in total.